The number of anilines is 2. The lowest BCUT2D eigenvalue weighted by atomic mass is 9.93. The van der Waals surface area contributed by atoms with Crippen LogP contribution in [0.4, 0.5) is 15.8 Å². The van der Waals surface area contributed by atoms with Gasteiger partial charge in [0.05, 0.1) is 5.92 Å². The van der Waals surface area contributed by atoms with E-state index in [4.69, 9.17) is 0 Å². The normalized spacial score (nSPS) is 14.8. The predicted molar refractivity (Wildman–Crippen MR) is 91.2 cm³/mol. The van der Waals surface area contributed by atoms with Crippen molar-refractivity contribution in [2.24, 2.45) is 5.92 Å². The lowest BCUT2D eigenvalue weighted by Gasteiger charge is -2.17. The van der Waals surface area contributed by atoms with Gasteiger partial charge in [-0.1, -0.05) is 18.2 Å². The molecule has 1 saturated carbocycles. The van der Waals surface area contributed by atoms with Gasteiger partial charge in [0.15, 0.2) is 0 Å². The maximum atomic E-state index is 13.1. The average Bonchev–Trinajstić information content (AvgIpc) is 3.34. The molecule has 1 aliphatic rings. The van der Waals surface area contributed by atoms with Crippen molar-refractivity contribution in [1.29, 1.82) is 0 Å². The molecule has 0 bridgehead atoms. The van der Waals surface area contributed by atoms with Crippen LogP contribution in [0, 0.1) is 11.7 Å². The molecule has 0 radical (unpaired) electrons. The van der Waals surface area contributed by atoms with Crippen molar-refractivity contribution < 1.29 is 14.0 Å². The first kappa shape index (κ1) is 16.2. The Balaban J connectivity index is 1.77. The summed E-state index contributed by atoms with van der Waals surface area (Å²) in [6.45, 7) is 1.43. The number of rotatable bonds is 5. The molecule has 124 valence electrons. The van der Waals surface area contributed by atoms with Crippen molar-refractivity contribution in [2.45, 2.75) is 25.7 Å². The average molecular weight is 326 g/mol. The molecular formula is C19H19FN2O2. The fourth-order valence-electron chi connectivity index (χ4n) is 2.84. The Morgan fingerprint density at radius 2 is 1.67 bits per heavy atom. The Bertz CT molecular complexity index is 754. The van der Waals surface area contributed by atoms with Gasteiger partial charge in [-0.05, 0) is 54.7 Å². The van der Waals surface area contributed by atoms with E-state index in [1.807, 2.05) is 0 Å². The first-order valence-electron chi connectivity index (χ1n) is 7.97. The monoisotopic (exact) mass is 326 g/mol. The van der Waals surface area contributed by atoms with Crippen LogP contribution in [0.5, 0.6) is 0 Å². The fourth-order valence-corrected chi connectivity index (χ4v) is 2.84. The Labute approximate surface area is 140 Å². The van der Waals surface area contributed by atoms with Crippen LogP contribution < -0.4 is 10.6 Å². The van der Waals surface area contributed by atoms with Crippen LogP contribution in [0.2, 0.25) is 0 Å². The molecule has 2 aromatic carbocycles. The number of halogens is 1. The third-order valence-corrected chi connectivity index (χ3v) is 4.06. The minimum Gasteiger partial charge on any atom is -0.326 e. The number of amides is 2. The summed E-state index contributed by atoms with van der Waals surface area (Å²) in [6, 6.07) is 13.1. The molecule has 0 aromatic heterocycles. The van der Waals surface area contributed by atoms with E-state index in [1.54, 1.807) is 36.4 Å². The van der Waals surface area contributed by atoms with Gasteiger partial charge in [0, 0.05) is 18.3 Å². The summed E-state index contributed by atoms with van der Waals surface area (Å²) in [4.78, 5) is 23.9. The number of hydrogen-bond acceptors (Lipinski definition) is 2. The summed E-state index contributed by atoms with van der Waals surface area (Å²) in [6.07, 6.45) is 2.00. The van der Waals surface area contributed by atoms with Crippen molar-refractivity contribution in [2.75, 3.05) is 10.6 Å². The number of nitrogens with one attached hydrogen (secondary N) is 2. The molecule has 1 unspecified atom stereocenters. The summed E-state index contributed by atoms with van der Waals surface area (Å²) < 4.78 is 13.1. The minimum absolute atomic E-state index is 0.107. The topological polar surface area (TPSA) is 58.2 Å². The molecule has 1 atom stereocenters. The smallest absolute Gasteiger partial charge is 0.232 e. The molecule has 2 N–H and O–H groups in total. The fraction of sp³-hybridized carbons (Fsp3) is 0.263. The van der Waals surface area contributed by atoms with Crippen LogP contribution in [-0.4, -0.2) is 11.8 Å². The highest BCUT2D eigenvalue weighted by atomic mass is 19.1. The maximum Gasteiger partial charge on any atom is 0.232 e. The van der Waals surface area contributed by atoms with Crippen molar-refractivity contribution in [1.82, 2.24) is 0 Å². The van der Waals surface area contributed by atoms with Gasteiger partial charge in [-0.25, -0.2) is 4.39 Å². The molecule has 1 fully saturated rings. The second kappa shape index (κ2) is 6.83. The second-order valence-corrected chi connectivity index (χ2v) is 6.12. The van der Waals surface area contributed by atoms with Crippen LogP contribution in [0.15, 0.2) is 48.5 Å². The van der Waals surface area contributed by atoms with E-state index in [0.29, 0.717) is 17.3 Å². The molecule has 0 saturated heterocycles. The zero-order valence-electron chi connectivity index (χ0n) is 13.4. The zero-order valence-corrected chi connectivity index (χ0v) is 13.4. The van der Waals surface area contributed by atoms with Crippen LogP contribution >= 0.6 is 0 Å². The molecule has 0 spiro atoms. The Hall–Kier alpha value is -2.69. The zero-order chi connectivity index (χ0) is 17.1. The van der Waals surface area contributed by atoms with E-state index < -0.39 is 0 Å². The van der Waals surface area contributed by atoms with E-state index >= 15 is 0 Å². The number of hydrogen-bond donors (Lipinski definition) is 2. The summed E-state index contributed by atoms with van der Waals surface area (Å²) in [7, 11) is 0. The third-order valence-electron chi connectivity index (χ3n) is 4.06. The summed E-state index contributed by atoms with van der Waals surface area (Å²) in [5.41, 5.74) is 2.08. The largest absolute Gasteiger partial charge is 0.326 e. The standard InChI is InChI=1S/C19H19FN2O2/c1-12(23)21-16-3-2-4-17(11-16)22-19(24)18(13-5-6-13)14-7-9-15(20)10-8-14/h2-4,7-11,13,18H,5-6H2,1H3,(H,21,23)(H,22,24). The first-order chi connectivity index (χ1) is 11.5. The van der Waals surface area contributed by atoms with Crippen LogP contribution in [0.3, 0.4) is 0 Å². The molecular weight excluding hydrogens is 307 g/mol. The lowest BCUT2D eigenvalue weighted by Crippen LogP contribution is -2.23. The summed E-state index contributed by atoms with van der Waals surface area (Å²) in [5, 5.41) is 5.59. The Morgan fingerprint density at radius 1 is 1.04 bits per heavy atom. The minimum atomic E-state index is -0.309. The molecule has 0 heterocycles. The Morgan fingerprint density at radius 3 is 2.25 bits per heavy atom. The van der Waals surface area contributed by atoms with E-state index in [0.717, 1.165) is 18.4 Å². The van der Waals surface area contributed by atoms with Gasteiger partial charge in [-0.2, -0.15) is 0 Å². The number of benzene rings is 2. The van der Waals surface area contributed by atoms with Gasteiger partial charge < -0.3 is 10.6 Å². The van der Waals surface area contributed by atoms with Gasteiger partial charge in [0.25, 0.3) is 0 Å². The first-order valence-corrected chi connectivity index (χ1v) is 7.97. The highest BCUT2D eigenvalue weighted by molar-refractivity contribution is 5.97. The van der Waals surface area contributed by atoms with E-state index in [9.17, 15) is 14.0 Å². The van der Waals surface area contributed by atoms with Crippen molar-refractivity contribution >= 4 is 23.2 Å². The molecule has 1 aliphatic carbocycles. The van der Waals surface area contributed by atoms with Crippen LogP contribution in [0.1, 0.15) is 31.2 Å². The molecule has 2 amide bonds. The highest BCUT2D eigenvalue weighted by Crippen LogP contribution is 2.43. The Kier molecular flexibility index (Phi) is 4.60. The van der Waals surface area contributed by atoms with E-state index in [2.05, 4.69) is 10.6 Å². The van der Waals surface area contributed by atoms with Crippen molar-refractivity contribution in [3.05, 3.63) is 59.9 Å². The molecule has 24 heavy (non-hydrogen) atoms. The summed E-state index contributed by atoms with van der Waals surface area (Å²) >= 11 is 0. The van der Waals surface area contributed by atoms with E-state index in [1.165, 1.54) is 19.1 Å². The molecule has 0 aliphatic heterocycles. The van der Waals surface area contributed by atoms with Crippen LogP contribution in [-0.2, 0) is 9.59 Å². The second-order valence-electron chi connectivity index (χ2n) is 6.12. The highest BCUT2D eigenvalue weighted by Gasteiger charge is 2.37. The van der Waals surface area contributed by atoms with Gasteiger partial charge in [-0.3, -0.25) is 9.59 Å². The predicted octanol–water partition coefficient (Wildman–Crippen LogP) is 3.92. The molecule has 5 heteroatoms. The molecule has 4 nitrogen and oxygen atoms in total. The van der Waals surface area contributed by atoms with Crippen molar-refractivity contribution in [3.8, 4) is 0 Å². The summed E-state index contributed by atoms with van der Waals surface area (Å²) in [5.74, 6) is -0.564. The van der Waals surface area contributed by atoms with E-state index in [-0.39, 0.29) is 23.5 Å². The lowest BCUT2D eigenvalue weighted by molar-refractivity contribution is -0.118. The quantitative estimate of drug-likeness (QED) is 0.875. The number of carbonyl (C=O) groups excluding carboxylic acids is 2. The molecule has 3 rings (SSSR count). The number of carbonyl (C=O) groups is 2. The maximum absolute atomic E-state index is 13.1. The van der Waals surface area contributed by atoms with Gasteiger partial charge in [0.1, 0.15) is 5.82 Å². The van der Waals surface area contributed by atoms with Gasteiger partial charge in [-0.15, -0.1) is 0 Å². The van der Waals surface area contributed by atoms with Crippen molar-refractivity contribution in [3.63, 3.8) is 0 Å². The molecule has 2 aromatic rings. The van der Waals surface area contributed by atoms with Gasteiger partial charge in [0.2, 0.25) is 11.8 Å². The van der Waals surface area contributed by atoms with Crippen LogP contribution in [0.25, 0.3) is 0 Å². The third kappa shape index (κ3) is 3.98. The van der Waals surface area contributed by atoms with Gasteiger partial charge >= 0.3 is 0 Å². The SMILES string of the molecule is CC(=O)Nc1cccc(NC(=O)C(c2ccc(F)cc2)C2CC2)c1.